The monoisotopic (exact) mass is 393 g/mol. The second-order valence-electron chi connectivity index (χ2n) is 8.02. The summed E-state index contributed by atoms with van der Waals surface area (Å²) in [5.41, 5.74) is 5.45. The van der Waals surface area contributed by atoms with Crippen molar-refractivity contribution < 1.29 is 9.59 Å². The summed E-state index contributed by atoms with van der Waals surface area (Å²) in [6, 6.07) is 14.1. The van der Waals surface area contributed by atoms with Crippen molar-refractivity contribution in [1.82, 2.24) is 10.2 Å². The van der Waals surface area contributed by atoms with Crippen LogP contribution in [-0.4, -0.2) is 49.3 Å². The first-order valence-electron chi connectivity index (χ1n) is 10.3. The van der Waals surface area contributed by atoms with Gasteiger partial charge in [-0.15, -0.1) is 0 Å². The molecule has 1 heterocycles. The molecule has 1 aliphatic heterocycles. The highest BCUT2D eigenvalue weighted by molar-refractivity contribution is 5.94. The average Bonchev–Trinajstić information content (AvgIpc) is 2.70. The number of piperazine rings is 1. The number of carbonyl (C=O) groups excluding carboxylic acids is 2. The van der Waals surface area contributed by atoms with Crippen molar-refractivity contribution in [3.63, 3.8) is 0 Å². The number of rotatable bonds is 6. The zero-order chi connectivity index (χ0) is 21.0. The Morgan fingerprint density at radius 3 is 2.28 bits per heavy atom. The number of amides is 1. The normalized spacial score (nSPS) is 15.8. The molecule has 0 saturated carbocycles. The quantitative estimate of drug-likeness (QED) is 0.763. The third-order valence-electron chi connectivity index (χ3n) is 5.66. The fourth-order valence-electron chi connectivity index (χ4n) is 3.87. The van der Waals surface area contributed by atoms with Crippen molar-refractivity contribution in [2.75, 3.05) is 37.6 Å². The predicted octanol–water partition coefficient (Wildman–Crippen LogP) is 3.51. The van der Waals surface area contributed by atoms with Gasteiger partial charge in [-0.05, 0) is 63.1 Å². The molecule has 0 spiro atoms. The van der Waals surface area contributed by atoms with Crippen molar-refractivity contribution in [2.45, 2.75) is 33.7 Å². The summed E-state index contributed by atoms with van der Waals surface area (Å²) < 4.78 is 0. The molecule has 5 nitrogen and oxygen atoms in total. The summed E-state index contributed by atoms with van der Waals surface area (Å²) in [4.78, 5) is 28.5. The van der Waals surface area contributed by atoms with Crippen LogP contribution in [0.25, 0.3) is 0 Å². The number of nitrogens with zero attached hydrogens (tertiary/aromatic N) is 2. The van der Waals surface area contributed by atoms with Gasteiger partial charge >= 0.3 is 0 Å². The molecule has 3 rings (SSSR count). The number of anilines is 1. The Hall–Kier alpha value is -2.66. The third kappa shape index (κ3) is 5.45. The van der Waals surface area contributed by atoms with Crippen LogP contribution in [0.15, 0.2) is 42.5 Å². The van der Waals surface area contributed by atoms with Gasteiger partial charge in [-0.25, -0.2) is 0 Å². The maximum Gasteiger partial charge on any atom is 0.234 e. The molecule has 0 bridgehead atoms. The highest BCUT2D eigenvalue weighted by atomic mass is 16.2. The molecule has 0 radical (unpaired) electrons. The van der Waals surface area contributed by atoms with E-state index in [9.17, 15) is 9.59 Å². The largest absolute Gasteiger partial charge is 0.369 e. The van der Waals surface area contributed by atoms with E-state index in [-0.39, 0.29) is 17.7 Å². The molecule has 5 heteroatoms. The summed E-state index contributed by atoms with van der Waals surface area (Å²) in [7, 11) is 0. The van der Waals surface area contributed by atoms with E-state index in [1.54, 1.807) is 6.92 Å². The highest BCUT2D eigenvalue weighted by Gasteiger charge is 2.20. The van der Waals surface area contributed by atoms with E-state index in [0.717, 1.165) is 37.4 Å². The Kier molecular flexibility index (Phi) is 6.70. The van der Waals surface area contributed by atoms with E-state index in [4.69, 9.17) is 0 Å². The summed E-state index contributed by atoms with van der Waals surface area (Å²) in [5, 5.41) is 3.15. The highest BCUT2D eigenvalue weighted by Crippen LogP contribution is 2.20. The van der Waals surface area contributed by atoms with Gasteiger partial charge in [0.1, 0.15) is 0 Å². The van der Waals surface area contributed by atoms with Gasteiger partial charge in [0.2, 0.25) is 5.91 Å². The lowest BCUT2D eigenvalue weighted by atomic mass is 10.00. The van der Waals surface area contributed by atoms with E-state index in [0.29, 0.717) is 6.54 Å². The maximum absolute atomic E-state index is 12.5. The van der Waals surface area contributed by atoms with Crippen LogP contribution >= 0.6 is 0 Å². The topological polar surface area (TPSA) is 52.7 Å². The minimum absolute atomic E-state index is 0.00322. The van der Waals surface area contributed by atoms with Crippen molar-refractivity contribution >= 4 is 17.4 Å². The SMILES string of the molecule is CC(=O)c1ccc(N2CCN(CC(=O)NC(C)c3cc(C)ccc3C)CC2)cc1. The van der Waals surface area contributed by atoms with Crippen LogP contribution in [-0.2, 0) is 4.79 Å². The molecule has 1 unspecified atom stereocenters. The molecule has 2 aromatic carbocycles. The molecule has 1 fully saturated rings. The molecule has 0 aromatic heterocycles. The summed E-state index contributed by atoms with van der Waals surface area (Å²) in [5.74, 6) is 0.153. The standard InChI is InChI=1S/C24H31N3O2/c1-17-5-6-18(2)23(15-17)19(3)25-24(29)16-26-11-13-27(14-12-26)22-9-7-21(8-10-22)20(4)28/h5-10,15,19H,11-14,16H2,1-4H3,(H,25,29). The molecule has 0 aliphatic carbocycles. The van der Waals surface area contributed by atoms with Crippen LogP contribution in [0.2, 0.25) is 0 Å². The number of ketones is 1. The molecule has 154 valence electrons. The van der Waals surface area contributed by atoms with E-state index in [1.165, 1.54) is 16.7 Å². The number of benzene rings is 2. The van der Waals surface area contributed by atoms with Crippen LogP contribution in [0.3, 0.4) is 0 Å². The first kappa shape index (κ1) is 21.1. The molecule has 2 aromatic rings. The fourth-order valence-corrected chi connectivity index (χ4v) is 3.87. The summed E-state index contributed by atoms with van der Waals surface area (Å²) >= 11 is 0. The first-order valence-corrected chi connectivity index (χ1v) is 10.3. The molecule has 1 aliphatic rings. The molecule has 1 saturated heterocycles. The van der Waals surface area contributed by atoms with Crippen molar-refractivity contribution in [3.8, 4) is 0 Å². The molecular weight excluding hydrogens is 362 g/mol. The molecular formula is C24H31N3O2. The number of hydrogen-bond donors (Lipinski definition) is 1. The smallest absolute Gasteiger partial charge is 0.234 e. The van der Waals surface area contributed by atoms with Gasteiger partial charge in [-0.1, -0.05) is 23.8 Å². The Morgan fingerprint density at radius 2 is 1.66 bits per heavy atom. The number of Topliss-reactive ketones (excluding diaryl/α,β-unsaturated/α-hetero) is 1. The zero-order valence-electron chi connectivity index (χ0n) is 17.9. The lowest BCUT2D eigenvalue weighted by Gasteiger charge is -2.36. The molecule has 29 heavy (non-hydrogen) atoms. The van der Waals surface area contributed by atoms with E-state index < -0.39 is 0 Å². The van der Waals surface area contributed by atoms with Crippen LogP contribution in [0.1, 0.15) is 46.9 Å². The van der Waals surface area contributed by atoms with Gasteiger partial charge in [-0.3, -0.25) is 14.5 Å². The number of nitrogens with one attached hydrogen (secondary N) is 1. The van der Waals surface area contributed by atoms with Gasteiger partial charge in [-0.2, -0.15) is 0 Å². The second-order valence-corrected chi connectivity index (χ2v) is 8.02. The second kappa shape index (κ2) is 9.23. The molecule has 1 atom stereocenters. The van der Waals surface area contributed by atoms with Gasteiger partial charge in [0.05, 0.1) is 12.6 Å². The van der Waals surface area contributed by atoms with Gasteiger partial charge < -0.3 is 10.2 Å². The summed E-state index contributed by atoms with van der Waals surface area (Å²) in [6.07, 6.45) is 0. The van der Waals surface area contributed by atoms with Crippen LogP contribution in [0, 0.1) is 13.8 Å². The van der Waals surface area contributed by atoms with Crippen molar-refractivity contribution in [2.24, 2.45) is 0 Å². The number of hydrogen-bond acceptors (Lipinski definition) is 4. The first-order chi connectivity index (χ1) is 13.8. The van der Waals surface area contributed by atoms with Crippen LogP contribution < -0.4 is 10.2 Å². The maximum atomic E-state index is 12.5. The van der Waals surface area contributed by atoms with Crippen LogP contribution in [0.5, 0.6) is 0 Å². The Morgan fingerprint density at radius 1 is 1.00 bits per heavy atom. The zero-order valence-corrected chi connectivity index (χ0v) is 17.9. The minimum Gasteiger partial charge on any atom is -0.369 e. The Labute approximate surface area is 173 Å². The number of carbonyl (C=O) groups is 2. The van der Waals surface area contributed by atoms with Crippen molar-refractivity contribution in [3.05, 3.63) is 64.7 Å². The van der Waals surface area contributed by atoms with Gasteiger partial charge in [0.25, 0.3) is 0 Å². The minimum atomic E-state index is 0.00322. The van der Waals surface area contributed by atoms with E-state index >= 15 is 0 Å². The Balaban J connectivity index is 1.49. The molecule has 1 amide bonds. The Bertz CT molecular complexity index is 868. The van der Waals surface area contributed by atoms with Gasteiger partial charge in [0, 0.05) is 37.4 Å². The third-order valence-corrected chi connectivity index (χ3v) is 5.66. The summed E-state index contributed by atoms with van der Waals surface area (Å²) in [6.45, 7) is 11.6. The predicted molar refractivity (Wildman–Crippen MR) is 118 cm³/mol. The van der Waals surface area contributed by atoms with Crippen molar-refractivity contribution in [1.29, 1.82) is 0 Å². The number of aryl methyl sites for hydroxylation is 2. The lowest BCUT2D eigenvalue weighted by Crippen LogP contribution is -2.49. The van der Waals surface area contributed by atoms with E-state index in [1.807, 2.05) is 31.2 Å². The average molecular weight is 394 g/mol. The lowest BCUT2D eigenvalue weighted by molar-refractivity contribution is -0.123. The molecule has 1 N–H and O–H groups in total. The van der Waals surface area contributed by atoms with Gasteiger partial charge in [0.15, 0.2) is 5.78 Å². The fraction of sp³-hybridized carbons (Fsp3) is 0.417. The van der Waals surface area contributed by atoms with E-state index in [2.05, 4.69) is 47.2 Å². The van der Waals surface area contributed by atoms with Crippen LogP contribution in [0.4, 0.5) is 5.69 Å².